The van der Waals surface area contributed by atoms with E-state index in [4.69, 9.17) is 30.6 Å². The average Bonchev–Trinajstić information content (AvgIpc) is 3.55. The van der Waals surface area contributed by atoms with Crippen molar-refractivity contribution in [1.29, 1.82) is 5.26 Å². The molecule has 6 rings (SSSR count). The fraction of sp³-hybridized carbons (Fsp3) is 0.327. The van der Waals surface area contributed by atoms with Crippen molar-refractivity contribution in [2.24, 2.45) is 0 Å². The molecule has 1 aliphatic heterocycles. The second-order valence-electron chi connectivity index (χ2n) is 16.0. The molecule has 0 radical (unpaired) electrons. The van der Waals surface area contributed by atoms with Crippen LogP contribution in [0.4, 0.5) is 0 Å². The Balaban J connectivity index is 0.000000288. The van der Waals surface area contributed by atoms with Crippen molar-refractivity contribution in [3.63, 3.8) is 0 Å². The van der Waals surface area contributed by atoms with Crippen LogP contribution < -0.4 is 18.9 Å². The van der Waals surface area contributed by atoms with Gasteiger partial charge < -0.3 is 23.7 Å². The Labute approximate surface area is 401 Å². The van der Waals surface area contributed by atoms with Crippen LogP contribution >= 0.6 is 11.8 Å². The number of imide groups is 1. The van der Waals surface area contributed by atoms with Gasteiger partial charge in [0.1, 0.15) is 23.0 Å². The summed E-state index contributed by atoms with van der Waals surface area (Å²) < 4.78 is 26.4. The topological polar surface area (TPSA) is 141 Å². The minimum absolute atomic E-state index is 0.0811. The fourth-order valence-corrected chi connectivity index (χ4v) is 6.20. The van der Waals surface area contributed by atoms with Crippen molar-refractivity contribution in [3.05, 3.63) is 155 Å². The molecule has 0 aromatic heterocycles. The summed E-state index contributed by atoms with van der Waals surface area (Å²) in [6.07, 6.45) is 5.93. The molecule has 5 aromatic rings. The van der Waals surface area contributed by atoms with Crippen LogP contribution in [0.3, 0.4) is 0 Å². The standard InChI is InChI=1S/C12H16O2S.C11H11NO2.C11H14O3.C11H12O.C10H11NO/c1-9(2)14-12-6-4-11(5-7-12)8-15-10(3)13;1-7(2)12-10(13)8-5-3-4-6-9(8)11(12)14;1-8(2)14-10-6-4-9(5-7-10)11(12)13-3;1-4-10-5-7-11(8-6-10)12-9(2)3;1-8(2)12-10-5-3-9(7-11)4-6-10/h4-7,9H,8H2,1-3H3;3-7H,1-2H3;4-8H,1-3H3;1,5-9H,2-3H3;3-6,8H,1-2H3. The number of fused-ring (bicyclic) bond motifs is 1. The van der Waals surface area contributed by atoms with Gasteiger partial charge in [0.05, 0.1) is 59.8 Å². The highest BCUT2D eigenvalue weighted by molar-refractivity contribution is 8.12. The molecule has 0 N–H and O–H groups in total. The quantitative estimate of drug-likeness (QED) is 0.0670. The van der Waals surface area contributed by atoms with Crippen LogP contribution in [0.2, 0.25) is 0 Å². The molecule has 12 heteroatoms. The molecule has 0 unspecified atom stereocenters. The average molecular weight is 929 g/mol. The summed E-state index contributed by atoms with van der Waals surface area (Å²) in [4.78, 5) is 46.7. The third kappa shape index (κ3) is 21.2. The SMILES string of the molecule is C#Cc1ccc(OC(C)C)cc1.CC(=O)SCc1ccc(OC(C)C)cc1.CC(C)N1C(=O)c2ccccc2C1=O.CC(C)Oc1ccc(C#N)cc1.COC(=O)c1ccc(OC(C)C)cc1. The molecule has 0 fully saturated rings. The highest BCUT2D eigenvalue weighted by Crippen LogP contribution is 2.24. The molecule has 0 saturated heterocycles. The molecule has 67 heavy (non-hydrogen) atoms. The Morgan fingerprint density at radius 2 is 0.940 bits per heavy atom. The molecule has 0 spiro atoms. The van der Waals surface area contributed by atoms with E-state index in [0.29, 0.717) is 22.3 Å². The lowest BCUT2D eigenvalue weighted by atomic mass is 10.1. The van der Waals surface area contributed by atoms with E-state index in [0.717, 1.165) is 39.9 Å². The number of thioether (sulfide) groups is 1. The number of rotatable bonds is 12. The van der Waals surface area contributed by atoms with Crippen molar-refractivity contribution in [2.45, 2.75) is 112 Å². The molecule has 0 saturated carbocycles. The number of terminal acetylenes is 1. The molecule has 0 bridgehead atoms. The molecule has 11 nitrogen and oxygen atoms in total. The smallest absolute Gasteiger partial charge is 0.337 e. The van der Waals surface area contributed by atoms with Crippen molar-refractivity contribution in [1.82, 2.24) is 4.90 Å². The van der Waals surface area contributed by atoms with Gasteiger partial charge in [0.2, 0.25) is 0 Å². The van der Waals surface area contributed by atoms with Crippen molar-refractivity contribution in [3.8, 4) is 41.4 Å². The lowest BCUT2D eigenvalue weighted by Crippen LogP contribution is -2.35. The highest BCUT2D eigenvalue weighted by Gasteiger charge is 2.36. The number of carbonyl (C=O) groups is 4. The summed E-state index contributed by atoms with van der Waals surface area (Å²) in [5.74, 6) is 5.90. The summed E-state index contributed by atoms with van der Waals surface area (Å²) in [6, 6.07) is 38.3. The van der Waals surface area contributed by atoms with Gasteiger partial charge in [-0.25, -0.2) is 4.79 Å². The predicted molar refractivity (Wildman–Crippen MR) is 267 cm³/mol. The number of methoxy groups -OCH3 is 1. The van der Waals surface area contributed by atoms with Gasteiger partial charge in [-0.15, -0.1) is 6.42 Å². The number of carbonyl (C=O) groups excluding carboxylic acids is 4. The number of hydrogen-bond acceptors (Lipinski definition) is 11. The van der Waals surface area contributed by atoms with Crippen LogP contribution in [-0.2, 0) is 15.3 Å². The van der Waals surface area contributed by atoms with Gasteiger partial charge in [0.15, 0.2) is 5.12 Å². The highest BCUT2D eigenvalue weighted by atomic mass is 32.2. The van der Waals surface area contributed by atoms with Crippen molar-refractivity contribution >= 4 is 34.7 Å². The summed E-state index contributed by atoms with van der Waals surface area (Å²) in [6.45, 7) is 21.1. The third-order valence-corrected chi connectivity index (χ3v) is 9.36. The summed E-state index contributed by atoms with van der Waals surface area (Å²) in [7, 11) is 1.36. The zero-order chi connectivity index (χ0) is 50.1. The van der Waals surface area contributed by atoms with Gasteiger partial charge >= 0.3 is 5.97 Å². The first-order valence-electron chi connectivity index (χ1n) is 21.9. The maximum atomic E-state index is 11.8. The maximum absolute atomic E-state index is 11.8. The third-order valence-electron chi connectivity index (χ3n) is 8.47. The second-order valence-corrected chi connectivity index (χ2v) is 17.2. The van der Waals surface area contributed by atoms with E-state index in [1.54, 1.807) is 79.7 Å². The Kier molecular flexibility index (Phi) is 24.7. The van der Waals surface area contributed by atoms with Gasteiger partial charge in [-0.3, -0.25) is 19.3 Å². The molecule has 1 aliphatic rings. The first-order valence-corrected chi connectivity index (χ1v) is 22.9. The van der Waals surface area contributed by atoms with E-state index in [9.17, 15) is 19.2 Å². The van der Waals surface area contributed by atoms with Crippen LogP contribution in [0.25, 0.3) is 0 Å². The van der Waals surface area contributed by atoms with Crippen LogP contribution in [-0.4, -0.2) is 65.4 Å². The van der Waals surface area contributed by atoms with Crippen LogP contribution in [0, 0.1) is 23.7 Å². The number of benzene rings is 5. The van der Waals surface area contributed by atoms with Crippen LogP contribution in [0.1, 0.15) is 124 Å². The number of nitriles is 1. The minimum Gasteiger partial charge on any atom is -0.491 e. The Hall–Kier alpha value is -7.02. The van der Waals surface area contributed by atoms with E-state index >= 15 is 0 Å². The first-order chi connectivity index (χ1) is 31.8. The molecule has 2 amide bonds. The Morgan fingerprint density at radius 1 is 0.582 bits per heavy atom. The monoisotopic (exact) mass is 928 g/mol. The van der Waals surface area contributed by atoms with Crippen LogP contribution in [0.5, 0.6) is 23.0 Å². The molecule has 0 aliphatic carbocycles. The zero-order valence-corrected chi connectivity index (χ0v) is 41.5. The van der Waals surface area contributed by atoms with Gasteiger partial charge in [0, 0.05) is 24.3 Å². The predicted octanol–water partition coefficient (Wildman–Crippen LogP) is 12.0. The number of hydrogen-bond donors (Lipinski definition) is 0. The molecular weight excluding hydrogens is 865 g/mol. The molecule has 1 heterocycles. The van der Waals surface area contributed by atoms with Gasteiger partial charge in [-0.05, 0) is 172 Å². The van der Waals surface area contributed by atoms with E-state index in [1.807, 2.05) is 118 Å². The number of nitrogens with zero attached hydrogens (tertiary/aromatic N) is 2. The maximum Gasteiger partial charge on any atom is 0.337 e. The summed E-state index contributed by atoms with van der Waals surface area (Å²) >= 11 is 1.32. The van der Waals surface area contributed by atoms with Gasteiger partial charge in [-0.2, -0.15) is 5.26 Å². The zero-order valence-electron chi connectivity index (χ0n) is 40.7. The number of amides is 2. The lowest BCUT2D eigenvalue weighted by molar-refractivity contribution is -0.109. The molecular formula is C55H64N2O9S. The van der Waals surface area contributed by atoms with E-state index in [2.05, 4.69) is 16.7 Å². The molecule has 354 valence electrons. The number of esters is 1. The number of ether oxygens (including phenoxy) is 5. The normalized spacial score (nSPS) is 11.0. The summed E-state index contributed by atoms with van der Waals surface area (Å²) in [5.41, 5.74) is 4.25. The van der Waals surface area contributed by atoms with Crippen LogP contribution in [0.15, 0.2) is 121 Å². The second kappa shape index (κ2) is 29.5. The Bertz CT molecular complexity index is 2280. The van der Waals surface area contributed by atoms with Crippen molar-refractivity contribution in [2.75, 3.05) is 7.11 Å². The van der Waals surface area contributed by atoms with E-state index < -0.39 is 0 Å². The van der Waals surface area contributed by atoms with E-state index in [1.165, 1.54) is 23.8 Å². The van der Waals surface area contributed by atoms with Crippen molar-refractivity contribution < 1.29 is 42.9 Å². The fourth-order valence-electron chi connectivity index (χ4n) is 5.64. The van der Waals surface area contributed by atoms with Gasteiger partial charge in [-0.1, -0.05) is 41.9 Å². The first kappa shape index (κ1) is 56.1. The lowest BCUT2D eigenvalue weighted by Gasteiger charge is -2.17. The largest absolute Gasteiger partial charge is 0.491 e. The summed E-state index contributed by atoms with van der Waals surface area (Å²) in [5, 5.41) is 8.67. The minimum atomic E-state index is -0.332. The van der Waals surface area contributed by atoms with Gasteiger partial charge in [0.25, 0.3) is 11.8 Å². The Morgan fingerprint density at radius 3 is 1.25 bits per heavy atom. The van der Waals surface area contributed by atoms with E-state index in [-0.39, 0.29) is 53.4 Å². The molecule has 0 atom stereocenters. The molecule has 5 aromatic carbocycles.